The molecule has 3 rings (SSSR count). The van der Waals surface area contributed by atoms with E-state index < -0.39 is 5.91 Å². The zero-order valence-electron chi connectivity index (χ0n) is 11.2. The fourth-order valence-corrected chi connectivity index (χ4v) is 2.17. The fraction of sp³-hybridized carbons (Fsp3) is 0.133. The van der Waals surface area contributed by atoms with Crippen molar-refractivity contribution in [3.8, 4) is 5.75 Å². The van der Waals surface area contributed by atoms with Crippen molar-refractivity contribution in [1.29, 1.82) is 0 Å². The fourth-order valence-electron chi connectivity index (χ4n) is 2.17. The second kappa shape index (κ2) is 5.34. The van der Waals surface area contributed by atoms with E-state index in [0.29, 0.717) is 30.2 Å². The van der Waals surface area contributed by atoms with Crippen LogP contribution in [0.1, 0.15) is 20.8 Å². The lowest BCUT2D eigenvalue weighted by atomic mass is 10.2. The van der Waals surface area contributed by atoms with E-state index in [4.69, 9.17) is 10.5 Å². The first-order chi connectivity index (χ1) is 10.2. The number of anilines is 1. The van der Waals surface area contributed by atoms with Crippen molar-refractivity contribution in [2.75, 3.05) is 18.1 Å². The van der Waals surface area contributed by atoms with Gasteiger partial charge in [0.1, 0.15) is 18.1 Å². The zero-order valence-corrected chi connectivity index (χ0v) is 11.2. The Morgan fingerprint density at radius 3 is 2.52 bits per heavy atom. The van der Waals surface area contributed by atoms with E-state index in [1.165, 1.54) is 6.20 Å². The Morgan fingerprint density at radius 2 is 1.86 bits per heavy atom. The van der Waals surface area contributed by atoms with Crippen LogP contribution in [-0.2, 0) is 0 Å². The lowest BCUT2D eigenvalue weighted by Gasteiger charge is -2.14. The van der Waals surface area contributed by atoms with Crippen molar-refractivity contribution in [3.05, 3.63) is 53.9 Å². The first-order valence-electron chi connectivity index (χ1n) is 6.49. The highest BCUT2D eigenvalue weighted by Gasteiger charge is 2.37. The summed E-state index contributed by atoms with van der Waals surface area (Å²) in [5, 5.41) is 0. The smallest absolute Gasteiger partial charge is 0.284 e. The van der Waals surface area contributed by atoms with Gasteiger partial charge in [-0.2, -0.15) is 0 Å². The van der Waals surface area contributed by atoms with Gasteiger partial charge in [0.05, 0.1) is 11.3 Å². The van der Waals surface area contributed by atoms with Crippen LogP contribution in [0.4, 0.5) is 5.69 Å². The Hall–Kier alpha value is -2.73. The van der Waals surface area contributed by atoms with E-state index in [-0.39, 0.29) is 11.6 Å². The van der Waals surface area contributed by atoms with Crippen molar-refractivity contribution >= 4 is 17.5 Å². The van der Waals surface area contributed by atoms with Crippen molar-refractivity contribution in [2.45, 2.75) is 0 Å². The highest BCUT2D eigenvalue weighted by atomic mass is 16.5. The summed E-state index contributed by atoms with van der Waals surface area (Å²) < 4.78 is 5.36. The number of amides is 2. The summed E-state index contributed by atoms with van der Waals surface area (Å²) in [7, 11) is 0. The topological polar surface area (TPSA) is 85.5 Å². The van der Waals surface area contributed by atoms with Gasteiger partial charge in [0.2, 0.25) is 0 Å². The van der Waals surface area contributed by atoms with Gasteiger partial charge in [-0.05, 0) is 36.4 Å². The number of carbonyl (C=O) groups excluding carboxylic acids is 2. The van der Waals surface area contributed by atoms with Crippen LogP contribution in [0.3, 0.4) is 0 Å². The molecule has 2 N–H and O–H groups in total. The number of aromatic nitrogens is 1. The third-order valence-corrected chi connectivity index (χ3v) is 3.13. The first kappa shape index (κ1) is 13.3. The lowest BCUT2D eigenvalue weighted by molar-refractivity contribution is 0.0924. The molecule has 1 aromatic carbocycles. The molecule has 0 atom stereocenters. The summed E-state index contributed by atoms with van der Waals surface area (Å²) in [6.07, 6.45) is 1.50. The van der Waals surface area contributed by atoms with E-state index in [1.807, 2.05) is 0 Å². The normalized spacial score (nSPS) is 13.5. The molecule has 1 aliphatic heterocycles. The molecule has 2 aromatic rings. The maximum absolute atomic E-state index is 12.3. The predicted molar refractivity (Wildman–Crippen MR) is 76.4 cm³/mol. The van der Waals surface area contributed by atoms with Crippen LogP contribution in [0.2, 0.25) is 0 Å². The summed E-state index contributed by atoms with van der Waals surface area (Å²) in [5.41, 5.74) is 6.36. The molecule has 0 unspecified atom stereocenters. The van der Waals surface area contributed by atoms with Crippen molar-refractivity contribution < 1.29 is 14.3 Å². The minimum Gasteiger partial charge on any atom is -0.492 e. The zero-order chi connectivity index (χ0) is 14.8. The molecular weight excluding hydrogens is 270 g/mol. The van der Waals surface area contributed by atoms with Crippen LogP contribution in [0.5, 0.6) is 5.75 Å². The van der Waals surface area contributed by atoms with Gasteiger partial charge in [-0.25, -0.2) is 4.90 Å². The van der Waals surface area contributed by atoms with Gasteiger partial charge in [0, 0.05) is 12.7 Å². The van der Waals surface area contributed by atoms with E-state index >= 15 is 0 Å². The van der Waals surface area contributed by atoms with Crippen molar-refractivity contribution in [1.82, 2.24) is 4.98 Å². The highest BCUT2D eigenvalue weighted by Crippen LogP contribution is 2.28. The number of nitrogens with zero attached hydrogens (tertiary/aromatic N) is 2. The lowest BCUT2D eigenvalue weighted by Crippen LogP contribution is -2.29. The number of rotatable bonds is 4. The van der Waals surface area contributed by atoms with Gasteiger partial charge in [-0.1, -0.05) is 0 Å². The number of ether oxygens (including phenoxy) is 1. The minimum absolute atomic E-state index is 0.186. The van der Waals surface area contributed by atoms with E-state index in [1.54, 1.807) is 36.4 Å². The number of hydrogen-bond donors (Lipinski definition) is 1. The molecule has 6 heteroatoms. The SMILES string of the molecule is NCCOc1ccc(N2C(=O)c3cccnc3C2=O)cc1. The van der Waals surface area contributed by atoms with Gasteiger partial charge < -0.3 is 10.5 Å². The van der Waals surface area contributed by atoms with E-state index in [0.717, 1.165) is 4.90 Å². The Bertz CT molecular complexity index is 663. The van der Waals surface area contributed by atoms with Crippen LogP contribution in [0, 0.1) is 0 Å². The Kier molecular flexibility index (Phi) is 3.37. The highest BCUT2D eigenvalue weighted by molar-refractivity contribution is 6.33. The minimum atomic E-state index is -0.411. The molecule has 0 bridgehead atoms. The molecule has 0 aliphatic carbocycles. The van der Waals surface area contributed by atoms with Crippen LogP contribution in [-0.4, -0.2) is 29.9 Å². The molecule has 106 valence electrons. The summed E-state index contributed by atoms with van der Waals surface area (Å²) in [4.78, 5) is 29.6. The molecule has 1 aromatic heterocycles. The Labute approximate surface area is 121 Å². The van der Waals surface area contributed by atoms with Gasteiger partial charge >= 0.3 is 0 Å². The molecule has 0 spiro atoms. The van der Waals surface area contributed by atoms with Crippen LogP contribution in [0.15, 0.2) is 42.6 Å². The van der Waals surface area contributed by atoms with Crippen molar-refractivity contribution in [3.63, 3.8) is 0 Å². The average Bonchev–Trinajstić information content (AvgIpc) is 2.78. The number of hydrogen-bond acceptors (Lipinski definition) is 5. The van der Waals surface area contributed by atoms with E-state index in [9.17, 15) is 9.59 Å². The van der Waals surface area contributed by atoms with E-state index in [2.05, 4.69) is 4.98 Å². The van der Waals surface area contributed by atoms with Gasteiger partial charge in [0.25, 0.3) is 11.8 Å². The predicted octanol–water partition coefficient (Wildman–Crippen LogP) is 1.22. The summed E-state index contributed by atoms with van der Waals surface area (Å²) in [6.45, 7) is 0.835. The molecule has 1 aliphatic rings. The van der Waals surface area contributed by atoms with Crippen molar-refractivity contribution in [2.24, 2.45) is 5.73 Å². The largest absolute Gasteiger partial charge is 0.492 e. The Balaban J connectivity index is 1.88. The monoisotopic (exact) mass is 283 g/mol. The second-order valence-electron chi connectivity index (χ2n) is 4.48. The van der Waals surface area contributed by atoms with Gasteiger partial charge in [0.15, 0.2) is 0 Å². The number of imide groups is 1. The number of carbonyl (C=O) groups is 2. The molecule has 0 fully saturated rings. The maximum atomic E-state index is 12.3. The molecule has 0 saturated carbocycles. The van der Waals surface area contributed by atoms with Gasteiger partial charge in [-0.15, -0.1) is 0 Å². The molecule has 0 saturated heterocycles. The summed E-state index contributed by atoms with van der Waals surface area (Å²) >= 11 is 0. The number of benzene rings is 1. The van der Waals surface area contributed by atoms with Crippen LogP contribution < -0.4 is 15.4 Å². The Morgan fingerprint density at radius 1 is 1.10 bits per heavy atom. The quantitative estimate of drug-likeness (QED) is 0.853. The molecular formula is C15H13N3O3. The molecule has 21 heavy (non-hydrogen) atoms. The average molecular weight is 283 g/mol. The summed E-state index contributed by atoms with van der Waals surface area (Å²) in [6, 6.07) is 9.95. The summed E-state index contributed by atoms with van der Waals surface area (Å²) in [5.74, 6) is -0.135. The van der Waals surface area contributed by atoms with Gasteiger partial charge in [-0.3, -0.25) is 14.6 Å². The first-order valence-corrected chi connectivity index (χ1v) is 6.49. The number of fused-ring (bicyclic) bond motifs is 1. The van der Waals surface area contributed by atoms with Crippen LogP contribution in [0.25, 0.3) is 0 Å². The molecule has 6 nitrogen and oxygen atoms in total. The third-order valence-electron chi connectivity index (χ3n) is 3.13. The third kappa shape index (κ3) is 2.25. The standard InChI is InChI=1S/C15H13N3O3/c16-7-9-21-11-5-3-10(4-6-11)18-14(19)12-2-1-8-17-13(12)15(18)20/h1-6,8H,7,9,16H2. The molecule has 0 radical (unpaired) electrons. The number of pyridine rings is 1. The molecule has 2 heterocycles. The second-order valence-corrected chi connectivity index (χ2v) is 4.48. The molecule has 2 amide bonds. The maximum Gasteiger partial charge on any atom is 0.284 e. The van der Waals surface area contributed by atoms with Crippen LogP contribution >= 0.6 is 0 Å². The number of nitrogens with two attached hydrogens (primary N) is 1.